The van der Waals surface area contributed by atoms with Crippen LogP contribution < -0.4 is 10.1 Å². The summed E-state index contributed by atoms with van der Waals surface area (Å²) in [5, 5.41) is 2.77. The Balaban J connectivity index is 1.92. The topological polar surface area (TPSA) is 71.5 Å². The van der Waals surface area contributed by atoms with E-state index in [1.165, 1.54) is 6.92 Å². The highest BCUT2D eigenvalue weighted by molar-refractivity contribution is 7.98. The van der Waals surface area contributed by atoms with Gasteiger partial charge in [0, 0.05) is 31.6 Å². The minimum Gasteiger partial charge on any atom is -0.472 e. The summed E-state index contributed by atoms with van der Waals surface area (Å²) in [6.07, 6.45) is 3.35. The van der Waals surface area contributed by atoms with Crippen LogP contribution in [0.4, 0.5) is 0 Å². The van der Waals surface area contributed by atoms with Crippen molar-refractivity contribution in [1.29, 1.82) is 0 Å². The number of carbonyl (C=O) groups is 2. The Morgan fingerprint density at radius 1 is 1.50 bits per heavy atom. The molecule has 2 amide bonds. The van der Waals surface area contributed by atoms with Gasteiger partial charge in [0.15, 0.2) is 0 Å². The van der Waals surface area contributed by atoms with Crippen molar-refractivity contribution in [3.63, 3.8) is 0 Å². The zero-order chi connectivity index (χ0) is 17.5. The normalized spacial score (nSPS) is 18.3. The molecule has 0 saturated carbocycles. The van der Waals surface area contributed by atoms with Crippen molar-refractivity contribution in [2.75, 3.05) is 25.1 Å². The van der Waals surface area contributed by atoms with E-state index < -0.39 is 6.04 Å². The number of aromatic nitrogens is 1. The molecule has 7 heteroatoms. The van der Waals surface area contributed by atoms with Crippen LogP contribution in [0.2, 0.25) is 0 Å². The summed E-state index contributed by atoms with van der Waals surface area (Å²) in [7, 11) is 0. The second kappa shape index (κ2) is 8.92. The molecule has 0 bridgehead atoms. The summed E-state index contributed by atoms with van der Waals surface area (Å²) in [5.74, 6) is 1.22. The number of hydrogen-bond donors (Lipinski definition) is 1. The van der Waals surface area contributed by atoms with Crippen molar-refractivity contribution in [1.82, 2.24) is 15.2 Å². The Kier molecular flexibility index (Phi) is 6.90. The second-order valence-corrected chi connectivity index (χ2v) is 6.95. The van der Waals surface area contributed by atoms with Crippen LogP contribution in [-0.2, 0) is 9.59 Å². The Morgan fingerprint density at radius 3 is 2.96 bits per heavy atom. The predicted octanol–water partition coefficient (Wildman–Crippen LogP) is 1.63. The molecular weight excluding hydrogens is 326 g/mol. The molecular formula is C17H25N3O3S. The highest BCUT2D eigenvalue weighted by atomic mass is 32.2. The van der Waals surface area contributed by atoms with E-state index in [1.54, 1.807) is 16.7 Å². The molecule has 2 unspecified atom stereocenters. The fourth-order valence-electron chi connectivity index (χ4n) is 2.74. The van der Waals surface area contributed by atoms with Gasteiger partial charge in [0.2, 0.25) is 17.7 Å². The maximum Gasteiger partial charge on any atom is 0.245 e. The van der Waals surface area contributed by atoms with Crippen LogP contribution in [0.25, 0.3) is 0 Å². The lowest BCUT2D eigenvalue weighted by Gasteiger charge is -2.24. The summed E-state index contributed by atoms with van der Waals surface area (Å²) >= 11 is 1.67. The van der Waals surface area contributed by atoms with E-state index in [0.29, 0.717) is 25.4 Å². The molecule has 0 aromatic carbocycles. The highest BCUT2D eigenvalue weighted by Crippen LogP contribution is 2.18. The van der Waals surface area contributed by atoms with Crippen LogP contribution >= 0.6 is 11.8 Å². The molecule has 2 rings (SSSR count). The molecule has 0 spiro atoms. The number of likely N-dealkylation sites (tertiary alicyclic amines) is 1. The highest BCUT2D eigenvalue weighted by Gasteiger charge is 2.32. The predicted molar refractivity (Wildman–Crippen MR) is 95.2 cm³/mol. The fraction of sp³-hybridized carbons (Fsp3) is 0.588. The number of nitrogens with one attached hydrogen (secondary N) is 1. The van der Waals surface area contributed by atoms with Gasteiger partial charge in [0.05, 0.1) is 6.54 Å². The quantitative estimate of drug-likeness (QED) is 0.808. The van der Waals surface area contributed by atoms with Crippen LogP contribution in [0.5, 0.6) is 5.88 Å². The molecule has 1 aromatic rings. The molecule has 1 saturated heterocycles. The Morgan fingerprint density at radius 2 is 2.29 bits per heavy atom. The van der Waals surface area contributed by atoms with Gasteiger partial charge in [-0.25, -0.2) is 4.98 Å². The number of nitrogens with zero attached hydrogens (tertiary/aromatic N) is 2. The molecule has 2 atom stereocenters. The smallest absolute Gasteiger partial charge is 0.245 e. The Labute approximate surface area is 147 Å². The third-order valence-electron chi connectivity index (χ3n) is 3.89. The first-order valence-electron chi connectivity index (χ1n) is 8.14. The molecule has 0 aliphatic carbocycles. The Bertz CT molecular complexity index is 582. The Hall–Kier alpha value is -1.76. The summed E-state index contributed by atoms with van der Waals surface area (Å²) in [4.78, 5) is 30.1. The fourth-order valence-corrected chi connectivity index (χ4v) is 3.21. The largest absolute Gasteiger partial charge is 0.472 e. The van der Waals surface area contributed by atoms with Crippen molar-refractivity contribution in [2.24, 2.45) is 0 Å². The van der Waals surface area contributed by atoms with Gasteiger partial charge < -0.3 is 15.0 Å². The lowest BCUT2D eigenvalue weighted by atomic mass is 10.2. The number of aryl methyl sites for hydroxylation is 1. The molecule has 1 N–H and O–H groups in total. The summed E-state index contributed by atoms with van der Waals surface area (Å²) in [5.41, 5.74) is 0.904. The van der Waals surface area contributed by atoms with Gasteiger partial charge in [-0.05, 0) is 31.4 Å². The second-order valence-electron chi connectivity index (χ2n) is 5.96. The molecule has 1 fully saturated rings. The number of rotatable bonds is 7. The van der Waals surface area contributed by atoms with E-state index in [-0.39, 0.29) is 17.9 Å². The zero-order valence-electron chi connectivity index (χ0n) is 14.4. The van der Waals surface area contributed by atoms with Crippen molar-refractivity contribution >= 4 is 23.6 Å². The minimum absolute atomic E-state index is 0.0254. The van der Waals surface area contributed by atoms with Crippen molar-refractivity contribution < 1.29 is 14.3 Å². The average Bonchev–Trinajstić information content (AvgIpc) is 2.99. The average molecular weight is 351 g/mol. The molecule has 1 aromatic heterocycles. The first kappa shape index (κ1) is 18.6. The third-order valence-corrected chi connectivity index (χ3v) is 4.54. The zero-order valence-corrected chi connectivity index (χ0v) is 15.3. The van der Waals surface area contributed by atoms with Gasteiger partial charge >= 0.3 is 0 Å². The number of amides is 2. The van der Waals surface area contributed by atoms with Crippen LogP contribution in [0.15, 0.2) is 18.2 Å². The standard InChI is InChI=1S/C17H25N3O3S/c1-12-5-4-6-16(18-12)23-14-7-9-20(11-14)17(22)15(8-10-24-3)19-13(2)21/h4-6,14-15H,7-11H2,1-3H3,(H,19,21). The molecule has 132 valence electrons. The molecule has 1 aliphatic rings. The lowest BCUT2D eigenvalue weighted by molar-refractivity contribution is -0.135. The molecule has 6 nitrogen and oxygen atoms in total. The van der Waals surface area contributed by atoms with Crippen LogP contribution in [-0.4, -0.2) is 58.9 Å². The monoisotopic (exact) mass is 351 g/mol. The maximum atomic E-state index is 12.7. The molecule has 2 heterocycles. The minimum atomic E-state index is -0.453. The van der Waals surface area contributed by atoms with E-state index >= 15 is 0 Å². The lowest BCUT2D eigenvalue weighted by Crippen LogP contribution is -2.48. The van der Waals surface area contributed by atoms with E-state index in [1.807, 2.05) is 31.4 Å². The van der Waals surface area contributed by atoms with Crippen LogP contribution in [0.1, 0.15) is 25.5 Å². The van der Waals surface area contributed by atoms with Crippen LogP contribution in [0.3, 0.4) is 0 Å². The summed E-state index contributed by atoms with van der Waals surface area (Å²) < 4.78 is 5.88. The van der Waals surface area contributed by atoms with E-state index in [9.17, 15) is 9.59 Å². The number of pyridine rings is 1. The van der Waals surface area contributed by atoms with Gasteiger partial charge in [0.25, 0.3) is 0 Å². The molecule has 24 heavy (non-hydrogen) atoms. The number of ether oxygens (including phenoxy) is 1. The maximum absolute atomic E-state index is 12.7. The van der Waals surface area contributed by atoms with E-state index in [0.717, 1.165) is 17.9 Å². The number of hydrogen-bond acceptors (Lipinski definition) is 5. The van der Waals surface area contributed by atoms with Crippen molar-refractivity contribution in [2.45, 2.75) is 38.8 Å². The van der Waals surface area contributed by atoms with Gasteiger partial charge in [-0.3, -0.25) is 9.59 Å². The van der Waals surface area contributed by atoms with E-state index in [2.05, 4.69) is 10.3 Å². The third kappa shape index (κ3) is 5.40. The van der Waals surface area contributed by atoms with Gasteiger partial charge in [-0.2, -0.15) is 11.8 Å². The van der Waals surface area contributed by atoms with Gasteiger partial charge in [-0.15, -0.1) is 0 Å². The molecule has 1 aliphatic heterocycles. The SMILES string of the molecule is CSCCC(NC(C)=O)C(=O)N1CCC(Oc2cccc(C)n2)C1. The summed E-state index contributed by atoms with van der Waals surface area (Å²) in [6.45, 7) is 4.54. The van der Waals surface area contributed by atoms with Crippen molar-refractivity contribution in [3.05, 3.63) is 23.9 Å². The van der Waals surface area contributed by atoms with Gasteiger partial charge in [0.1, 0.15) is 12.1 Å². The van der Waals surface area contributed by atoms with E-state index in [4.69, 9.17) is 4.74 Å². The number of thioether (sulfide) groups is 1. The summed E-state index contributed by atoms with van der Waals surface area (Å²) in [6, 6.07) is 5.20. The first-order chi connectivity index (χ1) is 11.5. The molecule has 0 radical (unpaired) electrons. The van der Waals surface area contributed by atoms with Gasteiger partial charge in [-0.1, -0.05) is 6.07 Å². The number of carbonyl (C=O) groups excluding carboxylic acids is 2. The van der Waals surface area contributed by atoms with Crippen LogP contribution in [0, 0.1) is 6.92 Å². The van der Waals surface area contributed by atoms with Crippen molar-refractivity contribution in [3.8, 4) is 5.88 Å². The first-order valence-corrected chi connectivity index (χ1v) is 9.54.